The molecule has 3 heterocycles. The van der Waals surface area contributed by atoms with Crippen molar-refractivity contribution in [1.29, 1.82) is 0 Å². The highest BCUT2D eigenvalue weighted by Gasteiger charge is 2.28. The third-order valence-corrected chi connectivity index (χ3v) is 6.31. The topological polar surface area (TPSA) is 51.0 Å². The molecule has 1 aliphatic heterocycles. The fourth-order valence-corrected chi connectivity index (χ4v) is 4.99. The Balaban J connectivity index is 1.69. The van der Waals surface area contributed by atoms with E-state index in [-0.39, 0.29) is 11.7 Å². The van der Waals surface area contributed by atoms with Gasteiger partial charge < -0.3 is 4.90 Å². The lowest BCUT2D eigenvalue weighted by Crippen LogP contribution is -2.42. The van der Waals surface area contributed by atoms with Crippen LogP contribution in [0, 0.1) is 24.6 Å². The number of aromatic nitrogens is 3. The zero-order valence-electron chi connectivity index (χ0n) is 19.1. The first kappa shape index (κ1) is 21.3. The lowest BCUT2D eigenvalue weighted by Gasteiger charge is -2.34. The monoisotopic (exact) mass is 442 g/mol. The number of hydrogen-bond acceptors (Lipinski definition) is 3. The smallest absolute Gasteiger partial charge is 0.272 e. The Morgan fingerprint density at radius 1 is 1.00 bits per heavy atom. The molecule has 5 rings (SSSR count). The van der Waals surface area contributed by atoms with E-state index in [4.69, 9.17) is 10.1 Å². The summed E-state index contributed by atoms with van der Waals surface area (Å²) in [5, 5.41) is 5.69. The molecule has 33 heavy (non-hydrogen) atoms. The van der Waals surface area contributed by atoms with Crippen LogP contribution in [0.1, 0.15) is 36.3 Å². The minimum Gasteiger partial charge on any atom is -0.337 e. The number of likely N-dealkylation sites (tertiary alicyclic amines) is 1. The molecule has 2 aromatic heterocycles. The van der Waals surface area contributed by atoms with Gasteiger partial charge in [-0.3, -0.25) is 4.79 Å². The summed E-state index contributed by atoms with van der Waals surface area (Å²) >= 11 is 0. The van der Waals surface area contributed by atoms with Gasteiger partial charge in [-0.25, -0.2) is 14.1 Å². The Morgan fingerprint density at radius 3 is 2.42 bits per heavy atom. The maximum atomic E-state index is 14.1. The molecule has 0 aliphatic carbocycles. The standard InChI is InChI=1S/C27H27FN4O/c1-17-12-18(2)16-31(15-17)27(33)23-13-19(3)24-25(20-8-5-4-6-9-20)30-32(26(24)29-23)22-11-7-10-21(28)14-22/h4-11,13-14,17-18H,12,15-16H2,1-3H3/t17-,18-/m1/s1. The summed E-state index contributed by atoms with van der Waals surface area (Å²) in [5.74, 6) is 0.513. The number of fused-ring (bicyclic) bond motifs is 1. The predicted octanol–water partition coefficient (Wildman–Crippen LogP) is 5.65. The molecule has 6 heteroatoms. The molecule has 2 aromatic carbocycles. The Kier molecular flexibility index (Phi) is 5.44. The van der Waals surface area contributed by atoms with Crippen LogP contribution < -0.4 is 0 Å². The number of pyridine rings is 1. The normalized spacial score (nSPS) is 18.6. The summed E-state index contributed by atoms with van der Waals surface area (Å²) < 4.78 is 15.7. The van der Waals surface area contributed by atoms with Crippen molar-refractivity contribution in [3.05, 3.63) is 77.7 Å². The molecule has 1 saturated heterocycles. The molecular formula is C27H27FN4O. The van der Waals surface area contributed by atoms with E-state index in [2.05, 4.69) is 13.8 Å². The second-order valence-electron chi connectivity index (χ2n) is 9.29. The zero-order chi connectivity index (χ0) is 23.1. The van der Waals surface area contributed by atoms with Crippen LogP contribution in [-0.4, -0.2) is 38.7 Å². The lowest BCUT2D eigenvalue weighted by molar-refractivity contribution is 0.0617. The van der Waals surface area contributed by atoms with Crippen molar-refractivity contribution in [1.82, 2.24) is 19.7 Å². The van der Waals surface area contributed by atoms with E-state index in [1.54, 1.807) is 16.8 Å². The summed E-state index contributed by atoms with van der Waals surface area (Å²) in [7, 11) is 0. The van der Waals surface area contributed by atoms with Gasteiger partial charge in [0.25, 0.3) is 5.91 Å². The second kappa shape index (κ2) is 8.43. The van der Waals surface area contributed by atoms with E-state index in [1.165, 1.54) is 12.1 Å². The zero-order valence-corrected chi connectivity index (χ0v) is 19.1. The van der Waals surface area contributed by atoms with Crippen molar-refractivity contribution >= 4 is 16.9 Å². The Hall–Kier alpha value is -3.54. The molecule has 4 aromatic rings. The van der Waals surface area contributed by atoms with Crippen molar-refractivity contribution in [2.24, 2.45) is 11.8 Å². The van der Waals surface area contributed by atoms with Crippen molar-refractivity contribution in [3.63, 3.8) is 0 Å². The average molecular weight is 443 g/mol. The highest BCUT2D eigenvalue weighted by Crippen LogP contribution is 2.32. The number of nitrogens with zero attached hydrogens (tertiary/aromatic N) is 4. The lowest BCUT2D eigenvalue weighted by atomic mass is 9.91. The Morgan fingerprint density at radius 2 is 1.73 bits per heavy atom. The van der Waals surface area contributed by atoms with E-state index in [0.29, 0.717) is 28.9 Å². The maximum Gasteiger partial charge on any atom is 0.272 e. The number of hydrogen-bond donors (Lipinski definition) is 0. The van der Waals surface area contributed by atoms with Crippen LogP contribution in [0.3, 0.4) is 0 Å². The molecule has 5 nitrogen and oxygen atoms in total. The van der Waals surface area contributed by atoms with Crippen LogP contribution in [0.15, 0.2) is 60.7 Å². The maximum absolute atomic E-state index is 14.1. The third-order valence-electron chi connectivity index (χ3n) is 6.31. The molecule has 1 amide bonds. The molecule has 1 fully saturated rings. The molecule has 0 N–H and O–H groups in total. The number of benzene rings is 2. The van der Waals surface area contributed by atoms with Crippen LogP contribution in [0.5, 0.6) is 0 Å². The average Bonchev–Trinajstić information content (AvgIpc) is 3.19. The van der Waals surface area contributed by atoms with Crippen molar-refractivity contribution in [3.8, 4) is 16.9 Å². The van der Waals surface area contributed by atoms with E-state index in [0.717, 1.165) is 41.7 Å². The van der Waals surface area contributed by atoms with Crippen LogP contribution >= 0.6 is 0 Å². The summed E-state index contributed by atoms with van der Waals surface area (Å²) in [6.07, 6.45) is 1.13. The Bertz CT molecular complexity index is 1320. The number of rotatable bonds is 3. The summed E-state index contributed by atoms with van der Waals surface area (Å²) in [5.41, 5.74) is 4.15. The van der Waals surface area contributed by atoms with Crippen LogP contribution in [0.4, 0.5) is 4.39 Å². The first-order valence-corrected chi connectivity index (χ1v) is 11.4. The largest absolute Gasteiger partial charge is 0.337 e. The van der Waals surface area contributed by atoms with Crippen molar-refractivity contribution in [2.75, 3.05) is 13.1 Å². The van der Waals surface area contributed by atoms with Gasteiger partial charge in [-0.2, -0.15) is 5.10 Å². The van der Waals surface area contributed by atoms with Crippen LogP contribution in [0.25, 0.3) is 28.0 Å². The molecule has 0 radical (unpaired) electrons. The Labute approximate surface area is 192 Å². The summed E-state index contributed by atoms with van der Waals surface area (Å²) in [4.78, 5) is 20.1. The first-order chi connectivity index (χ1) is 15.9. The van der Waals surface area contributed by atoms with Crippen molar-refractivity contribution < 1.29 is 9.18 Å². The van der Waals surface area contributed by atoms with Gasteiger partial charge in [0.05, 0.1) is 11.1 Å². The minimum atomic E-state index is -0.349. The molecule has 168 valence electrons. The van der Waals surface area contributed by atoms with E-state index >= 15 is 0 Å². The van der Waals surface area contributed by atoms with Gasteiger partial charge in [0, 0.05) is 18.7 Å². The molecule has 0 bridgehead atoms. The molecule has 2 atom stereocenters. The minimum absolute atomic E-state index is 0.0633. The van der Waals surface area contributed by atoms with Gasteiger partial charge in [-0.1, -0.05) is 50.2 Å². The van der Waals surface area contributed by atoms with Crippen LogP contribution in [0.2, 0.25) is 0 Å². The number of halogens is 1. The van der Waals surface area contributed by atoms with Gasteiger partial charge in [0.15, 0.2) is 5.65 Å². The van der Waals surface area contributed by atoms with Gasteiger partial charge in [-0.05, 0) is 55.0 Å². The SMILES string of the molecule is Cc1cc(C(=O)N2C[C@H](C)C[C@@H](C)C2)nc2c1c(-c1ccccc1)nn2-c1cccc(F)c1. The molecule has 1 aliphatic rings. The molecular weight excluding hydrogens is 415 g/mol. The number of carbonyl (C=O) groups excluding carboxylic acids is 1. The van der Waals surface area contributed by atoms with Crippen molar-refractivity contribution in [2.45, 2.75) is 27.2 Å². The van der Waals surface area contributed by atoms with E-state index in [9.17, 15) is 9.18 Å². The number of carbonyl (C=O) groups is 1. The highest BCUT2D eigenvalue weighted by molar-refractivity contribution is 5.99. The fourth-order valence-electron chi connectivity index (χ4n) is 4.99. The molecule has 0 saturated carbocycles. The van der Waals surface area contributed by atoms with Gasteiger partial charge in [-0.15, -0.1) is 0 Å². The second-order valence-corrected chi connectivity index (χ2v) is 9.29. The number of aryl methyl sites for hydroxylation is 1. The molecule has 0 spiro atoms. The predicted molar refractivity (Wildman–Crippen MR) is 128 cm³/mol. The van der Waals surface area contributed by atoms with Gasteiger partial charge in [0.2, 0.25) is 0 Å². The quantitative estimate of drug-likeness (QED) is 0.412. The first-order valence-electron chi connectivity index (χ1n) is 11.4. The highest BCUT2D eigenvalue weighted by atomic mass is 19.1. The third kappa shape index (κ3) is 4.01. The number of piperidine rings is 1. The van der Waals surface area contributed by atoms with Crippen LogP contribution in [-0.2, 0) is 0 Å². The van der Waals surface area contributed by atoms with Gasteiger partial charge >= 0.3 is 0 Å². The van der Waals surface area contributed by atoms with Gasteiger partial charge in [0.1, 0.15) is 17.2 Å². The summed E-state index contributed by atoms with van der Waals surface area (Å²) in [6.45, 7) is 7.82. The van der Waals surface area contributed by atoms with E-state index in [1.807, 2.05) is 48.2 Å². The molecule has 0 unspecified atom stereocenters. The summed E-state index contributed by atoms with van der Waals surface area (Å²) in [6, 6.07) is 18.0. The fraction of sp³-hybridized carbons (Fsp3) is 0.296. The van der Waals surface area contributed by atoms with E-state index < -0.39 is 0 Å². The number of amides is 1.